The zero-order valence-corrected chi connectivity index (χ0v) is 25.2. The Balaban J connectivity index is 1.53. The van der Waals surface area contributed by atoms with E-state index in [-0.39, 0.29) is 5.78 Å². The molecule has 0 aromatic heterocycles. The first-order valence-electron chi connectivity index (χ1n) is 15.6. The maximum absolute atomic E-state index is 16.5. The van der Waals surface area contributed by atoms with Crippen molar-refractivity contribution in [2.75, 3.05) is 0 Å². The molecule has 6 aromatic rings. The van der Waals surface area contributed by atoms with E-state index in [0.717, 1.165) is 44.2 Å². The molecule has 0 N–H and O–H groups in total. The van der Waals surface area contributed by atoms with Crippen LogP contribution in [-0.2, 0) is 15.6 Å². The van der Waals surface area contributed by atoms with Crippen LogP contribution in [0.2, 0.25) is 0 Å². The monoisotopic (exact) mass is 566 g/mol. The van der Waals surface area contributed by atoms with Crippen LogP contribution in [0.1, 0.15) is 57.3 Å². The van der Waals surface area contributed by atoms with Crippen molar-refractivity contribution in [3.63, 3.8) is 0 Å². The Morgan fingerprint density at radius 2 is 0.841 bits per heavy atom. The van der Waals surface area contributed by atoms with E-state index < -0.39 is 10.8 Å². The third-order valence-electron chi connectivity index (χ3n) is 10.3. The molecule has 0 saturated heterocycles. The summed E-state index contributed by atoms with van der Waals surface area (Å²) in [6.07, 6.45) is 10.0. The van der Waals surface area contributed by atoms with Crippen molar-refractivity contribution in [3.05, 3.63) is 178 Å². The van der Waals surface area contributed by atoms with Crippen LogP contribution in [0.5, 0.6) is 0 Å². The molecular weight excluding hydrogens is 532 g/mol. The lowest BCUT2D eigenvalue weighted by Crippen LogP contribution is -2.52. The molecule has 0 spiro atoms. The lowest BCUT2D eigenvalue weighted by molar-refractivity contribution is -0.127. The van der Waals surface area contributed by atoms with E-state index in [9.17, 15) is 0 Å². The van der Waals surface area contributed by atoms with E-state index in [1.54, 1.807) is 0 Å². The van der Waals surface area contributed by atoms with Crippen molar-refractivity contribution in [1.82, 2.24) is 0 Å². The highest BCUT2D eigenvalue weighted by molar-refractivity contribution is 6.11. The molecule has 0 saturated carbocycles. The highest BCUT2D eigenvalue weighted by atomic mass is 16.1. The van der Waals surface area contributed by atoms with E-state index in [1.807, 2.05) is 0 Å². The van der Waals surface area contributed by atoms with Gasteiger partial charge in [0.25, 0.3) is 0 Å². The number of fused-ring (bicyclic) bond motifs is 4. The SMILES string of the molecule is Cc1cccc2c(C3(C(=O)C4(c5cccc6c(C)cccc56)CC=Cc5ccccc54)CC=Cc4ccccc43)cccc12. The summed E-state index contributed by atoms with van der Waals surface area (Å²) in [6, 6.07) is 43.1. The Labute approximate surface area is 259 Å². The van der Waals surface area contributed by atoms with Gasteiger partial charge >= 0.3 is 0 Å². The van der Waals surface area contributed by atoms with Crippen LogP contribution in [0, 0.1) is 13.8 Å². The minimum absolute atomic E-state index is 0.238. The fourth-order valence-corrected chi connectivity index (χ4v) is 8.23. The van der Waals surface area contributed by atoms with Gasteiger partial charge in [-0.05, 0) is 92.7 Å². The van der Waals surface area contributed by atoms with Crippen molar-refractivity contribution < 1.29 is 4.79 Å². The lowest BCUT2D eigenvalue weighted by atomic mass is 9.53. The van der Waals surface area contributed by atoms with Crippen molar-refractivity contribution in [3.8, 4) is 0 Å². The second-order valence-electron chi connectivity index (χ2n) is 12.5. The summed E-state index contributed by atoms with van der Waals surface area (Å²) in [5.41, 5.74) is 7.21. The average molecular weight is 567 g/mol. The normalized spacial score (nSPS) is 20.4. The Kier molecular flexibility index (Phi) is 6.06. The van der Waals surface area contributed by atoms with Gasteiger partial charge in [0.05, 0.1) is 10.8 Å². The highest BCUT2D eigenvalue weighted by Gasteiger charge is 2.56. The molecule has 0 radical (unpaired) electrons. The molecule has 2 aliphatic carbocycles. The van der Waals surface area contributed by atoms with Gasteiger partial charge < -0.3 is 0 Å². The van der Waals surface area contributed by atoms with Crippen molar-refractivity contribution in [1.29, 1.82) is 0 Å². The molecular formula is C43H34O. The second kappa shape index (κ2) is 10.0. The van der Waals surface area contributed by atoms with Gasteiger partial charge in [0.2, 0.25) is 0 Å². The van der Waals surface area contributed by atoms with Crippen LogP contribution < -0.4 is 0 Å². The largest absolute Gasteiger partial charge is 0.297 e. The molecule has 2 atom stereocenters. The van der Waals surface area contributed by atoms with Gasteiger partial charge in [0, 0.05) is 0 Å². The first kappa shape index (κ1) is 26.6. The van der Waals surface area contributed by atoms with E-state index in [1.165, 1.54) is 21.9 Å². The van der Waals surface area contributed by atoms with Crippen molar-refractivity contribution in [2.45, 2.75) is 37.5 Å². The zero-order chi connectivity index (χ0) is 29.9. The number of carbonyl (C=O) groups is 1. The molecule has 2 aliphatic rings. The summed E-state index contributed by atoms with van der Waals surface area (Å²) in [7, 11) is 0. The molecule has 44 heavy (non-hydrogen) atoms. The molecule has 0 amide bonds. The molecule has 0 aliphatic heterocycles. The van der Waals surface area contributed by atoms with E-state index in [4.69, 9.17) is 0 Å². The van der Waals surface area contributed by atoms with Gasteiger partial charge in [-0.3, -0.25) is 4.79 Å². The number of rotatable bonds is 4. The summed E-state index contributed by atoms with van der Waals surface area (Å²) < 4.78 is 0. The first-order chi connectivity index (χ1) is 21.6. The predicted molar refractivity (Wildman–Crippen MR) is 184 cm³/mol. The maximum atomic E-state index is 16.5. The van der Waals surface area contributed by atoms with Gasteiger partial charge in [0.15, 0.2) is 5.78 Å². The molecule has 8 rings (SSSR count). The highest BCUT2D eigenvalue weighted by Crippen LogP contribution is 2.54. The molecule has 6 aromatic carbocycles. The number of benzene rings is 6. The lowest BCUT2D eigenvalue weighted by Gasteiger charge is -2.46. The number of Topliss-reactive ketones (excluding diaryl/α,β-unsaturated/α-hetero) is 1. The van der Waals surface area contributed by atoms with Crippen LogP contribution in [0.25, 0.3) is 33.7 Å². The third-order valence-corrected chi connectivity index (χ3v) is 10.3. The summed E-state index contributed by atoms with van der Waals surface area (Å²) in [5, 5.41) is 4.69. The van der Waals surface area contributed by atoms with Crippen LogP contribution in [0.4, 0.5) is 0 Å². The average Bonchev–Trinajstić information content (AvgIpc) is 3.07. The predicted octanol–water partition coefficient (Wildman–Crippen LogP) is 10.3. The van der Waals surface area contributed by atoms with E-state index in [2.05, 4.69) is 159 Å². The molecule has 0 heterocycles. The molecule has 0 fully saturated rings. The number of hydrogen-bond donors (Lipinski definition) is 0. The Hall–Kier alpha value is -5.01. The third kappa shape index (κ3) is 3.62. The van der Waals surface area contributed by atoms with Crippen LogP contribution in [0.3, 0.4) is 0 Å². The fourth-order valence-electron chi connectivity index (χ4n) is 8.23. The summed E-state index contributed by atoms with van der Waals surface area (Å²) >= 11 is 0. The Bertz CT molecular complexity index is 2020. The minimum Gasteiger partial charge on any atom is -0.297 e. The van der Waals surface area contributed by atoms with Crippen LogP contribution in [0.15, 0.2) is 133 Å². The molecule has 2 unspecified atom stereocenters. The van der Waals surface area contributed by atoms with E-state index >= 15 is 4.79 Å². The number of carbonyl (C=O) groups excluding carboxylic acids is 1. The summed E-state index contributed by atoms with van der Waals surface area (Å²) in [5.74, 6) is 0.238. The van der Waals surface area contributed by atoms with Gasteiger partial charge in [0.1, 0.15) is 0 Å². The minimum atomic E-state index is -0.900. The molecule has 1 nitrogen and oxygen atoms in total. The first-order valence-corrected chi connectivity index (χ1v) is 15.6. The Morgan fingerprint density at radius 1 is 0.455 bits per heavy atom. The molecule has 0 bridgehead atoms. The van der Waals surface area contributed by atoms with Crippen molar-refractivity contribution >= 4 is 39.5 Å². The standard InChI is InChI=1S/C43H34O/c1-29-13-7-21-35-33(29)19-9-25-39(35)42(27-11-17-31-15-3-5-23-37(31)42)41(44)43(28-12-18-32-16-4-6-24-38(32)43)40-26-10-20-34-30(2)14-8-22-36(34)40/h3-26H,27-28H2,1-2H3. The number of allylic oxidation sites excluding steroid dienone is 2. The number of hydrogen-bond acceptors (Lipinski definition) is 1. The summed E-state index contributed by atoms with van der Waals surface area (Å²) in [6.45, 7) is 4.33. The fraction of sp³-hybridized carbons (Fsp3) is 0.140. The maximum Gasteiger partial charge on any atom is 0.163 e. The quantitative estimate of drug-likeness (QED) is 0.207. The Morgan fingerprint density at radius 3 is 1.32 bits per heavy atom. The van der Waals surface area contributed by atoms with Gasteiger partial charge in [-0.15, -0.1) is 0 Å². The topological polar surface area (TPSA) is 17.1 Å². The molecule has 1 heteroatoms. The van der Waals surface area contributed by atoms with Gasteiger partial charge in [-0.1, -0.05) is 146 Å². The van der Waals surface area contributed by atoms with Crippen LogP contribution >= 0.6 is 0 Å². The number of ketones is 1. The number of aryl methyl sites for hydroxylation is 2. The molecule has 212 valence electrons. The zero-order valence-electron chi connectivity index (χ0n) is 25.2. The van der Waals surface area contributed by atoms with E-state index in [0.29, 0.717) is 12.8 Å². The van der Waals surface area contributed by atoms with Gasteiger partial charge in [-0.25, -0.2) is 0 Å². The van der Waals surface area contributed by atoms with Crippen LogP contribution in [-0.4, -0.2) is 5.78 Å². The smallest absolute Gasteiger partial charge is 0.163 e. The summed E-state index contributed by atoms with van der Waals surface area (Å²) in [4.78, 5) is 16.5. The van der Waals surface area contributed by atoms with Crippen molar-refractivity contribution in [2.24, 2.45) is 0 Å². The second-order valence-corrected chi connectivity index (χ2v) is 12.5. The van der Waals surface area contributed by atoms with Gasteiger partial charge in [-0.2, -0.15) is 0 Å².